The third kappa shape index (κ3) is 4.74. The molecule has 0 aromatic heterocycles. The molecule has 0 aliphatic carbocycles. The number of halogens is 1. The van der Waals surface area contributed by atoms with E-state index < -0.39 is 0 Å². The summed E-state index contributed by atoms with van der Waals surface area (Å²) in [6.07, 6.45) is 0. The third-order valence-electron chi connectivity index (χ3n) is 4.55. The molecular formula is C20H24ClN3O. The van der Waals surface area contributed by atoms with Gasteiger partial charge in [0.25, 0.3) is 0 Å². The molecule has 1 N–H and O–H groups in total. The lowest BCUT2D eigenvalue weighted by molar-refractivity contribution is -0.117. The van der Waals surface area contributed by atoms with Crippen LogP contribution in [0.2, 0.25) is 5.02 Å². The van der Waals surface area contributed by atoms with Crippen molar-refractivity contribution < 1.29 is 4.79 Å². The van der Waals surface area contributed by atoms with Gasteiger partial charge in [0, 0.05) is 42.6 Å². The number of carbonyl (C=O) groups excluding carboxylic acids is 1. The molecule has 0 unspecified atom stereocenters. The molecule has 0 saturated carbocycles. The van der Waals surface area contributed by atoms with Crippen molar-refractivity contribution in [1.29, 1.82) is 0 Å². The van der Waals surface area contributed by atoms with Crippen molar-refractivity contribution in [3.05, 3.63) is 58.6 Å². The summed E-state index contributed by atoms with van der Waals surface area (Å²) in [6, 6.07) is 13.9. The molecule has 25 heavy (non-hydrogen) atoms. The Labute approximate surface area is 154 Å². The first-order valence-corrected chi connectivity index (χ1v) is 8.99. The second-order valence-electron chi connectivity index (χ2n) is 6.61. The number of hydrogen-bond acceptors (Lipinski definition) is 3. The Morgan fingerprint density at radius 3 is 2.56 bits per heavy atom. The van der Waals surface area contributed by atoms with Gasteiger partial charge >= 0.3 is 0 Å². The molecule has 2 aromatic carbocycles. The van der Waals surface area contributed by atoms with E-state index in [4.69, 9.17) is 11.6 Å². The van der Waals surface area contributed by atoms with E-state index in [1.807, 2.05) is 43.3 Å². The Morgan fingerprint density at radius 1 is 1.08 bits per heavy atom. The van der Waals surface area contributed by atoms with Crippen molar-refractivity contribution >= 4 is 28.9 Å². The van der Waals surface area contributed by atoms with E-state index in [1.165, 1.54) is 11.3 Å². The fourth-order valence-electron chi connectivity index (χ4n) is 3.20. The molecule has 3 rings (SSSR count). The van der Waals surface area contributed by atoms with Crippen LogP contribution in [0.25, 0.3) is 0 Å². The van der Waals surface area contributed by atoms with Crippen LogP contribution in [0.5, 0.6) is 0 Å². The smallest absolute Gasteiger partial charge is 0.238 e. The highest BCUT2D eigenvalue weighted by Crippen LogP contribution is 2.25. The molecule has 2 aromatic rings. The maximum absolute atomic E-state index is 12.3. The number of aryl methyl sites for hydroxylation is 2. The minimum atomic E-state index is 0.0398. The molecule has 132 valence electrons. The van der Waals surface area contributed by atoms with Gasteiger partial charge in [0.2, 0.25) is 5.91 Å². The lowest BCUT2D eigenvalue weighted by atomic mass is 10.1. The fourth-order valence-corrected chi connectivity index (χ4v) is 3.36. The first-order chi connectivity index (χ1) is 12.0. The van der Waals surface area contributed by atoms with Gasteiger partial charge in [-0.3, -0.25) is 9.69 Å². The Balaban J connectivity index is 1.52. The molecule has 0 spiro atoms. The lowest BCUT2D eigenvalue weighted by Gasteiger charge is -2.36. The highest BCUT2D eigenvalue weighted by molar-refractivity contribution is 6.30. The summed E-state index contributed by atoms with van der Waals surface area (Å²) in [7, 11) is 0. The van der Waals surface area contributed by atoms with E-state index >= 15 is 0 Å². The van der Waals surface area contributed by atoms with Gasteiger partial charge in [-0.25, -0.2) is 0 Å². The number of piperazine rings is 1. The van der Waals surface area contributed by atoms with E-state index in [0.717, 1.165) is 42.5 Å². The third-order valence-corrected chi connectivity index (χ3v) is 4.79. The second-order valence-corrected chi connectivity index (χ2v) is 7.05. The average Bonchev–Trinajstić information content (AvgIpc) is 2.58. The Hall–Kier alpha value is -2.04. The van der Waals surface area contributed by atoms with Gasteiger partial charge in [-0.2, -0.15) is 0 Å². The number of carbonyl (C=O) groups is 1. The van der Waals surface area contributed by atoms with Crippen molar-refractivity contribution in [1.82, 2.24) is 4.90 Å². The van der Waals surface area contributed by atoms with Gasteiger partial charge in [0.15, 0.2) is 0 Å². The van der Waals surface area contributed by atoms with Gasteiger partial charge in [-0.1, -0.05) is 29.8 Å². The molecule has 1 amide bonds. The molecule has 1 saturated heterocycles. The van der Waals surface area contributed by atoms with E-state index in [1.54, 1.807) is 0 Å². The summed E-state index contributed by atoms with van der Waals surface area (Å²) in [5, 5.41) is 3.74. The number of nitrogens with one attached hydrogen (secondary N) is 1. The van der Waals surface area contributed by atoms with Crippen LogP contribution in [-0.2, 0) is 4.79 Å². The van der Waals surface area contributed by atoms with Crippen molar-refractivity contribution in [2.45, 2.75) is 13.8 Å². The van der Waals surface area contributed by atoms with Crippen molar-refractivity contribution in [3.63, 3.8) is 0 Å². The Bertz CT molecular complexity index is 754. The Kier molecular flexibility index (Phi) is 5.61. The number of nitrogens with zero attached hydrogens (tertiary/aromatic N) is 2. The number of benzene rings is 2. The van der Waals surface area contributed by atoms with Crippen LogP contribution in [0, 0.1) is 13.8 Å². The van der Waals surface area contributed by atoms with E-state index in [-0.39, 0.29) is 5.91 Å². The van der Waals surface area contributed by atoms with E-state index in [2.05, 4.69) is 28.1 Å². The van der Waals surface area contributed by atoms with Crippen molar-refractivity contribution in [2.24, 2.45) is 0 Å². The number of rotatable bonds is 4. The van der Waals surface area contributed by atoms with Crippen LogP contribution < -0.4 is 10.2 Å². The number of amides is 1. The zero-order chi connectivity index (χ0) is 17.8. The van der Waals surface area contributed by atoms with Crippen LogP contribution in [0.3, 0.4) is 0 Å². The molecule has 1 fully saturated rings. The Morgan fingerprint density at radius 2 is 1.84 bits per heavy atom. The molecule has 0 radical (unpaired) electrons. The summed E-state index contributed by atoms with van der Waals surface area (Å²) in [5.41, 5.74) is 4.42. The molecule has 4 nitrogen and oxygen atoms in total. The summed E-state index contributed by atoms with van der Waals surface area (Å²) < 4.78 is 0. The summed E-state index contributed by atoms with van der Waals surface area (Å²) >= 11 is 6.13. The maximum Gasteiger partial charge on any atom is 0.238 e. The SMILES string of the molecule is Cc1cccc(NC(=O)CN2CCN(c3cc(Cl)ccc3C)CC2)c1. The highest BCUT2D eigenvalue weighted by Gasteiger charge is 2.20. The first kappa shape index (κ1) is 17.8. The molecule has 0 bridgehead atoms. The number of hydrogen-bond donors (Lipinski definition) is 1. The van der Waals surface area contributed by atoms with Crippen LogP contribution in [-0.4, -0.2) is 43.5 Å². The summed E-state index contributed by atoms with van der Waals surface area (Å²) in [6.45, 7) is 8.09. The fraction of sp³-hybridized carbons (Fsp3) is 0.350. The highest BCUT2D eigenvalue weighted by atomic mass is 35.5. The minimum absolute atomic E-state index is 0.0398. The average molecular weight is 358 g/mol. The topological polar surface area (TPSA) is 35.6 Å². The molecule has 1 heterocycles. The van der Waals surface area contributed by atoms with Gasteiger partial charge in [-0.05, 0) is 49.2 Å². The minimum Gasteiger partial charge on any atom is -0.369 e. The summed E-state index contributed by atoms with van der Waals surface area (Å²) in [4.78, 5) is 16.8. The van der Waals surface area contributed by atoms with Gasteiger partial charge in [0.05, 0.1) is 6.54 Å². The zero-order valence-corrected chi connectivity index (χ0v) is 15.5. The quantitative estimate of drug-likeness (QED) is 0.905. The monoisotopic (exact) mass is 357 g/mol. The molecule has 5 heteroatoms. The van der Waals surface area contributed by atoms with E-state index in [0.29, 0.717) is 6.54 Å². The normalized spacial score (nSPS) is 15.2. The van der Waals surface area contributed by atoms with Crippen LogP contribution in [0.15, 0.2) is 42.5 Å². The van der Waals surface area contributed by atoms with Crippen LogP contribution >= 0.6 is 11.6 Å². The van der Waals surface area contributed by atoms with Crippen molar-refractivity contribution in [2.75, 3.05) is 42.9 Å². The molecule has 1 aliphatic heterocycles. The molecule has 0 atom stereocenters. The second kappa shape index (κ2) is 7.89. The predicted molar refractivity (Wildman–Crippen MR) is 105 cm³/mol. The predicted octanol–water partition coefficient (Wildman–Crippen LogP) is 3.72. The zero-order valence-electron chi connectivity index (χ0n) is 14.8. The van der Waals surface area contributed by atoms with Crippen molar-refractivity contribution in [3.8, 4) is 0 Å². The van der Waals surface area contributed by atoms with Gasteiger partial charge in [-0.15, -0.1) is 0 Å². The van der Waals surface area contributed by atoms with E-state index in [9.17, 15) is 4.79 Å². The summed E-state index contributed by atoms with van der Waals surface area (Å²) in [5.74, 6) is 0.0398. The van der Waals surface area contributed by atoms with Crippen LogP contribution in [0.4, 0.5) is 11.4 Å². The first-order valence-electron chi connectivity index (χ1n) is 8.61. The largest absolute Gasteiger partial charge is 0.369 e. The standard InChI is InChI=1S/C20H24ClN3O/c1-15-4-3-5-18(12-15)22-20(25)14-23-8-10-24(11-9-23)19-13-17(21)7-6-16(19)2/h3-7,12-13H,8-11,14H2,1-2H3,(H,22,25). The molecule has 1 aliphatic rings. The number of anilines is 2. The van der Waals surface area contributed by atoms with Gasteiger partial charge in [0.1, 0.15) is 0 Å². The van der Waals surface area contributed by atoms with Gasteiger partial charge < -0.3 is 10.2 Å². The maximum atomic E-state index is 12.3. The molecular weight excluding hydrogens is 334 g/mol. The lowest BCUT2D eigenvalue weighted by Crippen LogP contribution is -2.48. The van der Waals surface area contributed by atoms with Crippen LogP contribution in [0.1, 0.15) is 11.1 Å².